The minimum Gasteiger partial charge on any atom is -0.422 e. The third-order valence-corrected chi connectivity index (χ3v) is 6.34. The average Bonchev–Trinajstić information content (AvgIpc) is 2.76. The van der Waals surface area contributed by atoms with Gasteiger partial charge in [-0.25, -0.2) is 4.79 Å². The quantitative estimate of drug-likeness (QED) is 0.427. The van der Waals surface area contributed by atoms with Crippen LogP contribution in [-0.2, 0) is 13.0 Å². The number of hydrogen-bond acceptors (Lipinski definition) is 2. The zero-order chi connectivity index (χ0) is 19.6. The number of piperidine rings is 1. The third kappa shape index (κ3) is 3.83. The minimum atomic E-state index is -0.248. The van der Waals surface area contributed by atoms with Crippen LogP contribution in [0.3, 0.4) is 0 Å². The Morgan fingerprint density at radius 1 is 0.862 bits per heavy atom. The molecule has 1 saturated heterocycles. The number of rotatable bonds is 4. The smallest absolute Gasteiger partial charge is 0.336 e. The van der Waals surface area contributed by atoms with Gasteiger partial charge in [-0.2, -0.15) is 0 Å². The maximum absolute atomic E-state index is 12.3. The van der Waals surface area contributed by atoms with Gasteiger partial charge in [-0.3, -0.25) is 0 Å². The highest BCUT2D eigenvalue weighted by Crippen LogP contribution is 2.26. The molecule has 3 nitrogen and oxygen atoms in total. The fourth-order valence-corrected chi connectivity index (χ4v) is 4.79. The normalized spacial score (nSPS) is 19.6. The van der Waals surface area contributed by atoms with Gasteiger partial charge < -0.3 is 9.32 Å². The van der Waals surface area contributed by atoms with Gasteiger partial charge in [0.05, 0.1) is 13.1 Å². The maximum atomic E-state index is 12.3. The van der Waals surface area contributed by atoms with E-state index in [1.54, 1.807) is 11.0 Å². The van der Waals surface area contributed by atoms with Gasteiger partial charge in [-0.1, -0.05) is 66.7 Å². The van der Waals surface area contributed by atoms with Crippen molar-refractivity contribution in [2.24, 2.45) is 5.92 Å². The predicted octanol–water partition coefficient (Wildman–Crippen LogP) is 3.98. The summed E-state index contributed by atoms with van der Waals surface area (Å²) in [5.41, 5.74) is 3.03. The second kappa shape index (κ2) is 7.84. The average molecular weight is 384 g/mol. The molecular weight excluding hydrogens is 358 g/mol. The van der Waals surface area contributed by atoms with Crippen LogP contribution in [0.25, 0.3) is 21.7 Å². The Balaban J connectivity index is 1.35. The Bertz CT molecular complexity index is 1190. The first-order valence-corrected chi connectivity index (χ1v) is 10.6. The van der Waals surface area contributed by atoms with Gasteiger partial charge in [0.1, 0.15) is 12.1 Å². The van der Waals surface area contributed by atoms with E-state index in [1.165, 1.54) is 24.8 Å². The molecule has 0 unspecified atom stereocenters. The van der Waals surface area contributed by atoms with E-state index in [4.69, 9.17) is 4.42 Å². The number of hydrogen-bond donors (Lipinski definition) is 1. The first-order valence-electron chi connectivity index (χ1n) is 10.6. The van der Waals surface area contributed by atoms with Crippen LogP contribution < -0.4 is 10.5 Å². The molecule has 1 fully saturated rings. The summed E-state index contributed by atoms with van der Waals surface area (Å²) in [5, 5.41) is 3.19. The molecule has 1 aliphatic rings. The topological polar surface area (TPSA) is 34.7 Å². The lowest BCUT2D eigenvalue weighted by Crippen LogP contribution is -3.11. The summed E-state index contributed by atoms with van der Waals surface area (Å²) in [6.45, 7) is 3.21. The molecule has 0 spiro atoms. The molecule has 0 amide bonds. The highest BCUT2D eigenvalue weighted by Gasteiger charge is 2.23. The Morgan fingerprint density at radius 2 is 1.62 bits per heavy atom. The van der Waals surface area contributed by atoms with Crippen LogP contribution in [-0.4, -0.2) is 13.1 Å². The van der Waals surface area contributed by atoms with Crippen molar-refractivity contribution in [3.05, 3.63) is 94.3 Å². The molecule has 0 aliphatic carbocycles. The van der Waals surface area contributed by atoms with Gasteiger partial charge in [-0.05, 0) is 36.1 Å². The summed E-state index contributed by atoms with van der Waals surface area (Å²) in [7, 11) is 0. The lowest BCUT2D eigenvalue weighted by molar-refractivity contribution is -0.919. The molecule has 146 valence electrons. The van der Waals surface area contributed by atoms with Crippen LogP contribution in [0, 0.1) is 5.92 Å². The van der Waals surface area contributed by atoms with Crippen molar-refractivity contribution >= 4 is 21.7 Å². The van der Waals surface area contributed by atoms with E-state index >= 15 is 0 Å². The van der Waals surface area contributed by atoms with E-state index in [0.717, 1.165) is 52.9 Å². The van der Waals surface area contributed by atoms with Crippen LogP contribution in [0.5, 0.6) is 0 Å². The van der Waals surface area contributed by atoms with Crippen molar-refractivity contribution in [1.29, 1.82) is 0 Å². The van der Waals surface area contributed by atoms with E-state index < -0.39 is 0 Å². The molecule has 29 heavy (non-hydrogen) atoms. The SMILES string of the molecule is O=c1cc(C[NH+]2CCC(Cc3ccccc3)CC2)c2ccc3ccccc3c2o1. The van der Waals surface area contributed by atoms with Crippen LogP contribution in [0.2, 0.25) is 0 Å². The van der Waals surface area contributed by atoms with Crippen LogP contribution in [0.1, 0.15) is 24.0 Å². The van der Waals surface area contributed by atoms with Crippen molar-refractivity contribution < 1.29 is 9.32 Å². The van der Waals surface area contributed by atoms with Crippen LogP contribution in [0.4, 0.5) is 0 Å². The Kier molecular flexibility index (Phi) is 4.91. The van der Waals surface area contributed by atoms with Gasteiger partial charge in [0.2, 0.25) is 0 Å². The van der Waals surface area contributed by atoms with Crippen molar-refractivity contribution in [3.63, 3.8) is 0 Å². The van der Waals surface area contributed by atoms with Crippen LogP contribution >= 0.6 is 0 Å². The zero-order valence-corrected chi connectivity index (χ0v) is 16.6. The highest BCUT2D eigenvalue weighted by molar-refractivity contribution is 6.04. The molecule has 1 aliphatic heterocycles. The second-order valence-electron chi connectivity index (χ2n) is 8.31. The Morgan fingerprint density at radius 3 is 2.45 bits per heavy atom. The minimum absolute atomic E-state index is 0.248. The molecule has 0 bridgehead atoms. The van der Waals surface area contributed by atoms with Gasteiger partial charge in [-0.15, -0.1) is 0 Å². The van der Waals surface area contributed by atoms with Gasteiger partial charge in [0.15, 0.2) is 0 Å². The standard InChI is InChI=1S/C26H25NO2/c28-25-17-22(24-11-10-21-8-4-5-9-23(21)26(24)29-25)18-27-14-12-20(13-15-27)16-19-6-2-1-3-7-19/h1-11,17,20H,12-16,18H2/p+1. The van der Waals surface area contributed by atoms with E-state index in [0.29, 0.717) is 0 Å². The molecule has 0 radical (unpaired) electrons. The summed E-state index contributed by atoms with van der Waals surface area (Å²) in [6.07, 6.45) is 3.66. The molecular formula is C26H26NO2+. The summed E-state index contributed by atoms with van der Waals surface area (Å²) >= 11 is 0. The second-order valence-corrected chi connectivity index (χ2v) is 8.31. The first kappa shape index (κ1) is 18.1. The fourth-order valence-electron chi connectivity index (χ4n) is 4.79. The number of quaternary nitrogens is 1. The molecule has 2 heterocycles. The van der Waals surface area contributed by atoms with Crippen molar-refractivity contribution in [2.75, 3.05) is 13.1 Å². The molecule has 1 N–H and O–H groups in total. The summed E-state index contributed by atoms with van der Waals surface area (Å²) in [6, 6.07) is 24.9. The fraction of sp³-hybridized carbons (Fsp3) is 0.269. The van der Waals surface area contributed by atoms with E-state index in [1.807, 2.05) is 18.2 Å². The number of nitrogens with one attached hydrogen (secondary N) is 1. The van der Waals surface area contributed by atoms with E-state index in [2.05, 4.69) is 48.5 Å². The Hall–Kier alpha value is -2.91. The third-order valence-electron chi connectivity index (χ3n) is 6.34. The van der Waals surface area contributed by atoms with Crippen LogP contribution in [0.15, 0.2) is 82.0 Å². The van der Waals surface area contributed by atoms with Crippen molar-refractivity contribution in [2.45, 2.75) is 25.8 Å². The molecule has 0 atom stereocenters. The monoisotopic (exact) mass is 384 g/mol. The van der Waals surface area contributed by atoms with Gasteiger partial charge >= 0.3 is 5.63 Å². The van der Waals surface area contributed by atoms with E-state index in [-0.39, 0.29) is 5.63 Å². The van der Waals surface area contributed by atoms with Gasteiger partial charge in [0, 0.05) is 22.4 Å². The molecule has 5 rings (SSSR count). The van der Waals surface area contributed by atoms with Crippen molar-refractivity contribution in [1.82, 2.24) is 0 Å². The molecule has 4 aromatic rings. The van der Waals surface area contributed by atoms with Crippen molar-refractivity contribution in [3.8, 4) is 0 Å². The summed E-state index contributed by atoms with van der Waals surface area (Å²) in [5.74, 6) is 0.766. The lowest BCUT2D eigenvalue weighted by atomic mass is 9.90. The highest BCUT2D eigenvalue weighted by atomic mass is 16.4. The van der Waals surface area contributed by atoms with Gasteiger partial charge in [0.25, 0.3) is 0 Å². The lowest BCUT2D eigenvalue weighted by Gasteiger charge is -2.29. The summed E-state index contributed by atoms with van der Waals surface area (Å²) in [4.78, 5) is 13.8. The largest absolute Gasteiger partial charge is 0.422 e. The summed E-state index contributed by atoms with van der Waals surface area (Å²) < 4.78 is 5.62. The number of likely N-dealkylation sites (tertiary alicyclic amines) is 1. The predicted molar refractivity (Wildman–Crippen MR) is 117 cm³/mol. The Labute approximate surface area is 170 Å². The number of fused-ring (bicyclic) bond motifs is 3. The molecule has 3 aromatic carbocycles. The molecule has 1 aromatic heterocycles. The first-order chi connectivity index (χ1) is 14.3. The molecule has 0 saturated carbocycles. The zero-order valence-electron chi connectivity index (χ0n) is 16.6. The van der Waals surface area contributed by atoms with E-state index in [9.17, 15) is 4.79 Å². The maximum Gasteiger partial charge on any atom is 0.336 e. The molecule has 3 heteroatoms. The number of benzene rings is 3.